The number of hydrogen-bond acceptors (Lipinski definition) is 1. The van der Waals surface area contributed by atoms with Gasteiger partial charge in [-0.3, -0.25) is 0 Å². The highest BCUT2D eigenvalue weighted by Crippen LogP contribution is 2.54. The first kappa shape index (κ1) is 36.4. The maximum atomic E-state index is 2.54. The van der Waals surface area contributed by atoms with Crippen molar-refractivity contribution in [3.8, 4) is 55.6 Å². The summed E-state index contributed by atoms with van der Waals surface area (Å²) in [5.41, 5.74) is 25.2. The van der Waals surface area contributed by atoms with Crippen LogP contribution in [0.4, 0.5) is 17.1 Å². The minimum absolute atomic E-state index is 0.0251. The van der Waals surface area contributed by atoms with E-state index in [-0.39, 0.29) is 10.8 Å². The average Bonchev–Trinajstić information content (AvgIpc) is 3.93. The van der Waals surface area contributed by atoms with Crippen LogP contribution in [0.25, 0.3) is 55.6 Å². The Morgan fingerprint density at radius 2 is 1.03 bits per heavy atom. The maximum absolute atomic E-state index is 2.54. The molecule has 0 spiro atoms. The van der Waals surface area contributed by atoms with E-state index >= 15 is 0 Å². The van der Waals surface area contributed by atoms with Crippen LogP contribution in [-0.4, -0.2) is 0 Å². The Kier molecular flexibility index (Phi) is 8.08. The van der Waals surface area contributed by atoms with Crippen LogP contribution in [0.5, 0.6) is 0 Å². The molecule has 1 saturated carbocycles. The van der Waals surface area contributed by atoms with Gasteiger partial charge in [0.1, 0.15) is 0 Å². The fraction of sp³-hybridized carbons (Fsp3) is 0.200. The van der Waals surface area contributed by atoms with Crippen molar-refractivity contribution >= 4 is 17.1 Å². The number of rotatable bonds is 5. The van der Waals surface area contributed by atoms with Crippen molar-refractivity contribution in [3.63, 3.8) is 0 Å². The van der Waals surface area contributed by atoms with Crippen molar-refractivity contribution in [1.29, 1.82) is 0 Å². The van der Waals surface area contributed by atoms with Gasteiger partial charge in [0.15, 0.2) is 0 Å². The molecule has 61 heavy (non-hydrogen) atoms. The number of nitrogens with zero attached hydrogens (tertiary/aromatic N) is 1. The molecule has 8 aromatic carbocycles. The molecule has 1 heteroatoms. The monoisotopic (exact) mass is 785 g/mol. The van der Waals surface area contributed by atoms with Crippen LogP contribution in [0.2, 0.25) is 0 Å². The Hall–Kier alpha value is -6.44. The highest BCUT2D eigenvalue weighted by atomic mass is 15.1. The van der Waals surface area contributed by atoms with Crippen LogP contribution in [0.15, 0.2) is 176 Å². The van der Waals surface area contributed by atoms with Gasteiger partial charge in [0.25, 0.3) is 0 Å². The summed E-state index contributed by atoms with van der Waals surface area (Å²) in [4.78, 5) is 2.54. The van der Waals surface area contributed by atoms with Crippen LogP contribution >= 0.6 is 0 Å². The van der Waals surface area contributed by atoms with Crippen LogP contribution in [0.1, 0.15) is 86.3 Å². The van der Waals surface area contributed by atoms with E-state index < -0.39 is 0 Å². The van der Waals surface area contributed by atoms with E-state index in [0.29, 0.717) is 5.92 Å². The molecule has 0 aliphatic heterocycles. The van der Waals surface area contributed by atoms with Crippen LogP contribution in [-0.2, 0) is 17.3 Å². The molecule has 1 fully saturated rings. The molecule has 12 rings (SSSR count). The molecule has 0 heterocycles. The van der Waals surface area contributed by atoms with Crippen LogP contribution in [0, 0.1) is 5.92 Å². The first-order valence-electron chi connectivity index (χ1n) is 22.5. The number of fused-ring (bicyclic) bond motifs is 12. The van der Waals surface area contributed by atoms with Gasteiger partial charge >= 0.3 is 0 Å². The molecule has 296 valence electrons. The van der Waals surface area contributed by atoms with Crippen molar-refractivity contribution < 1.29 is 0 Å². The van der Waals surface area contributed by atoms with Crippen LogP contribution < -0.4 is 4.90 Å². The van der Waals surface area contributed by atoms with Crippen molar-refractivity contribution in [2.45, 2.75) is 70.1 Å². The van der Waals surface area contributed by atoms with Crippen molar-refractivity contribution in [3.05, 3.63) is 209 Å². The van der Waals surface area contributed by atoms with E-state index in [0.717, 1.165) is 18.0 Å². The molecule has 0 radical (unpaired) electrons. The fourth-order valence-electron chi connectivity index (χ4n) is 12.1. The molecule has 0 N–H and O–H groups in total. The molecule has 0 amide bonds. The molecule has 2 unspecified atom stereocenters. The lowest BCUT2D eigenvalue weighted by Crippen LogP contribution is -2.17. The zero-order valence-electron chi connectivity index (χ0n) is 35.7. The third-order valence-corrected chi connectivity index (χ3v) is 15.2. The standard InChI is InChI=1S/C60H51N/c1-59(2)54-25-11-8-20-47(54)52-36-40(29-32-55(52)59)39-15-13-17-43(35-39)61(44-30-31-48-46-19-7-10-24-53(46)60(3,4)56(48)37-44)57-26-12-9-21-49(57)51-23-14-16-42-34-38-27-28-41(33-38)45-18-5-6-22-50(45)58(42)51/h5-26,29-32,35-38,41H,27-28,33-34H2,1-4H3. The lowest BCUT2D eigenvalue weighted by molar-refractivity contribution is 0.534. The maximum Gasteiger partial charge on any atom is 0.0540 e. The molecule has 0 saturated heterocycles. The second kappa shape index (κ2) is 13.5. The predicted octanol–water partition coefficient (Wildman–Crippen LogP) is 16.2. The predicted molar refractivity (Wildman–Crippen MR) is 256 cm³/mol. The highest BCUT2D eigenvalue weighted by molar-refractivity contribution is 5.97. The summed E-state index contributed by atoms with van der Waals surface area (Å²) >= 11 is 0. The molecule has 2 bridgehead atoms. The normalized spacial score (nSPS) is 18.2. The largest absolute Gasteiger partial charge is 0.310 e. The van der Waals surface area contributed by atoms with E-state index in [9.17, 15) is 0 Å². The Morgan fingerprint density at radius 3 is 1.85 bits per heavy atom. The highest BCUT2D eigenvalue weighted by Gasteiger charge is 2.38. The number of para-hydroxylation sites is 1. The SMILES string of the molecule is CC1(C)c2ccccc2-c2cc(-c3cccc(N(c4ccc5c(c4)C(C)(C)c4ccccc4-5)c4ccccc4-c4cccc5c4-c4ccccc4C4CCC(C5)C4)c3)ccc21. The second-order valence-corrected chi connectivity index (χ2v) is 19.2. The van der Waals surface area contributed by atoms with E-state index in [1.165, 1.54) is 120 Å². The van der Waals surface area contributed by atoms with E-state index in [2.05, 4.69) is 209 Å². The third-order valence-electron chi connectivity index (χ3n) is 15.2. The molecule has 1 nitrogen and oxygen atoms in total. The summed E-state index contributed by atoms with van der Waals surface area (Å²) in [5.74, 6) is 1.37. The molecule has 4 aliphatic rings. The summed E-state index contributed by atoms with van der Waals surface area (Å²) in [7, 11) is 0. The molecule has 2 atom stereocenters. The van der Waals surface area contributed by atoms with Gasteiger partial charge in [0.05, 0.1) is 5.69 Å². The van der Waals surface area contributed by atoms with Crippen LogP contribution in [0.3, 0.4) is 0 Å². The molecule has 4 aliphatic carbocycles. The number of benzene rings is 8. The summed E-state index contributed by atoms with van der Waals surface area (Å²) in [6.07, 6.45) is 5.05. The minimum atomic E-state index is -0.123. The zero-order chi connectivity index (χ0) is 41.0. The Balaban J connectivity index is 1.06. The minimum Gasteiger partial charge on any atom is -0.310 e. The van der Waals surface area contributed by atoms with Gasteiger partial charge in [-0.2, -0.15) is 0 Å². The summed E-state index contributed by atoms with van der Waals surface area (Å²) < 4.78 is 0. The first-order chi connectivity index (χ1) is 29.8. The summed E-state index contributed by atoms with van der Waals surface area (Å²) in [6, 6.07) is 67.2. The van der Waals surface area contributed by atoms with Crippen molar-refractivity contribution in [2.24, 2.45) is 5.92 Å². The van der Waals surface area contributed by atoms with Crippen molar-refractivity contribution in [2.75, 3.05) is 4.90 Å². The molecule has 8 aromatic rings. The topological polar surface area (TPSA) is 3.24 Å². The Morgan fingerprint density at radius 1 is 0.426 bits per heavy atom. The van der Waals surface area contributed by atoms with Gasteiger partial charge in [0, 0.05) is 27.8 Å². The zero-order valence-corrected chi connectivity index (χ0v) is 35.7. The van der Waals surface area contributed by atoms with E-state index in [1.54, 1.807) is 0 Å². The Bertz CT molecular complexity index is 3070. The molecule has 0 aromatic heterocycles. The average molecular weight is 786 g/mol. The van der Waals surface area contributed by atoms with Gasteiger partial charge in [-0.15, -0.1) is 0 Å². The Labute approximate surface area is 361 Å². The number of anilines is 3. The number of hydrogen-bond donors (Lipinski definition) is 0. The van der Waals surface area contributed by atoms with E-state index in [1.807, 2.05) is 0 Å². The van der Waals surface area contributed by atoms with Gasteiger partial charge in [-0.25, -0.2) is 0 Å². The molecular formula is C60H51N. The lowest BCUT2D eigenvalue weighted by Gasteiger charge is -2.31. The smallest absolute Gasteiger partial charge is 0.0540 e. The van der Waals surface area contributed by atoms with Gasteiger partial charge in [-0.05, 0) is 157 Å². The van der Waals surface area contributed by atoms with Crippen molar-refractivity contribution in [1.82, 2.24) is 0 Å². The van der Waals surface area contributed by atoms with E-state index in [4.69, 9.17) is 0 Å². The van der Waals surface area contributed by atoms with Gasteiger partial charge < -0.3 is 4.90 Å². The quantitative estimate of drug-likeness (QED) is 0.168. The third kappa shape index (κ3) is 5.52. The summed E-state index contributed by atoms with van der Waals surface area (Å²) in [5, 5.41) is 0. The van der Waals surface area contributed by atoms with Gasteiger partial charge in [-0.1, -0.05) is 167 Å². The second-order valence-electron chi connectivity index (χ2n) is 19.2. The fourth-order valence-corrected chi connectivity index (χ4v) is 12.1. The van der Waals surface area contributed by atoms with Gasteiger partial charge in [0.2, 0.25) is 0 Å². The first-order valence-corrected chi connectivity index (χ1v) is 22.5. The molecular weight excluding hydrogens is 735 g/mol. The summed E-state index contributed by atoms with van der Waals surface area (Å²) in [6.45, 7) is 9.50. The lowest BCUT2D eigenvalue weighted by atomic mass is 9.79.